The molecule has 1 aromatic carbocycles. The highest BCUT2D eigenvalue weighted by Crippen LogP contribution is 2.31. The lowest BCUT2D eigenvalue weighted by atomic mass is 10.1. The second-order valence-corrected chi connectivity index (χ2v) is 7.21. The minimum absolute atomic E-state index is 0.214. The maximum atomic E-state index is 12.7. The number of anilines is 1. The van der Waals surface area contributed by atoms with Crippen molar-refractivity contribution in [1.82, 2.24) is 4.31 Å². The molecule has 9 heteroatoms. The topological polar surface area (TPSA) is 40.6 Å². The quantitative estimate of drug-likeness (QED) is 0.792. The van der Waals surface area contributed by atoms with E-state index in [0.29, 0.717) is 18.8 Å². The van der Waals surface area contributed by atoms with Crippen molar-refractivity contribution < 1.29 is 21.6 Å². The predicted molar refractivity (Wildman–Crippen MR) is 74.9 cm³/mol. The Balaban J connectivity index is 2.10. The number of alkyl halides is 4. The van der Waals surface area contributed by atoms with Crippen LogP contribution in [-0.4, -0.2) is 44.1 Å². The van der Waals surface area contributed by atoms with Gasteiger partial charge in [0.25, 0.3) is 0 Å². The molecule has 0 unspecified atom stereocenters. The first kappa shape index (κ1) is 16.4. The molecule has 0 N–H and O–H groups in total. The summed E-state index contributed by atoms with van der Waals surface area (Å²) in [7, 11) is -3.47. The van der Waals surface area contributed by atoms with Crippen molar-refractivity contribution >= 4 is 27.3 Å². The van der Waals surface area contributed by atoms with Crippen molar-refractivity contribution in [3.63, 3.8) is 0 Å². The number of halogens is 4. The first-order valence-electron chi connectivity index (χ1n) is 6.20. The lowest BCUT2D eigenvalue weighted by Crippen LogP contribution is -2.49. The van der Waals surface area contributed by atoms with Gasteiger partial charge in [-0.2, -0.15) is 17.5 Å². The zero-order valence-corrected chi connectivity index (χ0v) is 12.5. The van der Waals surface area contributed by atoms with Crippen LogP contribution in [0.1, 0.15) is 5.56 Å². The average molecular weight is 343 g/mol. The van der Waals surface area contributed by atoms with Crippen LogP contribution in [0, 0.1) is 0 Å². The zero-order valence-electron chi connectivity index (χ0n) is 11.0. The van der Waals surface area contributed by atoms with Gasteiger partial charge in [0.1, 0.15) is 5.21 Å². The summed E-state index contributed by atoms with van der Waals surface area (Å²) in [4.78, 5) is 1.73. The monoisotopic (exact) mass is 342 g/mol. The van der Waals surface area contributed by atoms with E-state index in [1.807, 2.05) is 0 Å². The van der Waals surface area contributed by atoms with Gasteiger partial charge in [-0.3, -0.25) is 0 Å². The summed E-state index contributed by atoms with van der Waals surface area (Å²) in [6.45, 7) is 1.09. The molecule has 1 aromatic rings. The Morgan fingerprint density at radius 1 is 1.14 bits per heavy atom. The van der Waals surface area contributed by atoms with Gasteiger partial charge in [0, 0.05) is 31.9 Å². The molecule has 118 valence electrons. The largest absolute Gasteiger partial charge is 0.416 e. The van der Waals surface area contributed by atoms with Gasteiger partial charge in [-0.1, -0.05) is 6.07 Å². The van der Waals surface area contributed by atoms with Crippen LogP contribution >= 0.6 is 11.6 Å². The first-order chi connectivity index (χ1) is 9.74. The third-order valence-corrected chi connectivity index (χ3v) is 5.56. The molecule has 1 aliphatic rings. The Bertz CT molecular complexity index is 599. The highest BCUT2D eigenvalue weighted by Gasteiger charge is 2.31. The standard InChI is InChI=1S/C12H14ClF3N2O2S/c13-9-21(19,20)18-6-4-17(5-7-18)11-3-1-2-10(8-11)12(14,15)16/h1-3,8H,4-7,9H2. The smallest absolute Gasteiger partial charge is 0.369 e. The lowest BCUT2D eigenvalue weighted by Gasteiger charge is -2.35. The molecule has 1 heterocycles. The van der Waals surface area contributed by atoms with Crippen molar-refractivity contribution in [1.29, 1.82) is 0 Å². The van der Waals surface area contributed by atoms with E-state index in [1.165, 1.54) is 10.4 Å². The first-order valence-corrected chi connectivity index (χ1v) is 8.34. The van der Waals surface area contributed by atoms with Gasteiger partial charge < -0.3 is 4.90 Å². The summed E-state index contributed by atoms with van der Waals surface area (Å²) in [5, 5.41) is -0.490. The van der Waals surface area contributed by atoms with Gasteiger partial charge in [0.15, 0.2) is 0 Å². The molecule has 0 atom stereocenters. The van der Waals surface area contributed by atoms with E-state index >= 15 is 0 Å². The minimum Gasteiger partial charge on any atom is -0.369 e. The molecule has 1 saturated heterocycles. The van der Waals surface area contributed by atoms with E-state index in [-0.39, 0.29) is 13.1 Å². The molecule has 0 saturated carbocycles. The second-order valence-electron chi connectivity index (χ2n) is 4.66. The zero-order chi connectivity index (χ0) is 15.7. The van der Waals surface area contributed by atoms with Gasteiger partial charge in [0.2, 0.25) is 10.0 Å². The maximum Gasteiger partial charge on any atom is 0.416 e. The molecular formula is C12H14ClF3N2O2S. The number of rotatable bonds is 3. The number of nitrogens with zero attached hydrogens (tertiary/aromatic N) is 2. The summed E-state index contributed by atoms with van der Waals surface area (Å²) in [6.07, 6.45) is -4.39. The van der Waals surface area contributed by atoms with Crippen LogP contribution < -0.4 is 4.90 Å². The molecular weight excluding hydrogens is 329 g/mol. The molecule has 0 aromatic heterocycles. The molecule has 2 rings (SSSR count). The van der Waals surface area contributed by atoms with Crippen LogP contribution in [-0.2, 0) is 16.2 Å². The lowest BCUT2D eigenvalue weighted by molar-refractivity contribution is -0.137. The van der Waals surface area contributed by atoms with Crippen LogP contribution in [0.2, 0.25) is 0 Å². The Kier molecular flexibility index (Phi) is 4.69. The second kappa shape index (κ2) is 6.02. The van der Waals surface area contributed by atoms with E-state index in [1.54, 1.807) is 11.0 Å². The molecule has 1 fully saturated rings. The minimum atomic E-state index is -4.39. The number of benzene rings is 1. The third kappa shape index (κ3) is 3.81. The van der Waals surface area contributed by atoms with Crippen molar-refractivity contribution in [2.45, 2.75) is 6.18 Å². The molecule has 0 aliphatic carbocycles. The fourth-order valence-corrected chi connectivity index (χ4v) is 3.44. The summed E-state index contributed by atoms with van der Waals surface area (Å²) < 4.78 is 62.5. The van der Waals surface area contributed by atoms with Gasteiger partial charge in [0.05, 0.1) is 5.56 Å². The van der Waals surface area contributed by atoms with Crippen molar-refractivity contribution in [2.75, 3.05) is 36.3 Å². The molecule has 0 spiro atoms. The number of hydrogen-bond donors (Lipinski definition) is 0. The molecule has 1 aliphatic heterocycles. The highest BCUT2D eigenvalue weighted by molar-refractivity contribution is 7.90. The van der Waals surface area contributed by atoms with E-state index in [0.717, 1.165) is 12.1 Å². The molecule has 0 radical (unpaired) electrons. The van der Waals surface area contributed by atoms with E-state index in [2.05, 4.69) is 0 Å². The Morgan fingerprint density at radius 2 is 1.76 bits per heavy atom. The fourth-order valence-electron chi connectivity index (χ4n) is 2.17. The van der Waals surface area contributed by atoms with Gasteiger partial charge in [-0.25, -0.2) is 8.42 Å². The predicted octanol–water partition coefficient (Wildman–Crippen LogP) is 2.35. The van der Waals surface area contributed by atoms with Crippen LogP contribution in [0.3, 0.4) is 0 Å². The Morgan fingerprint density at radius 3 is 2.29 bits per heavy atom. The molecule has 4 nitrogen and oxygen atoms in total. The van der Waals surface area contributed by atoms with Crippen molar-refractivity contribution in [3.05, 3.63) is 29.8 Å². The highest BCUT2D eigenvalue weighted by atomic mass is 35.5. The molecule has 0 bridgehead atoms. The van der Waals surface area contributed by atoms with Crippen LogP contribution in [0.15, 0.2) is 24.3 Å². The van der Waals surface area contributed by atoms with Gasteiger partial charge >= 0.3 is 6.18 Å². The maximum absolute atomic E-state index is 12.7. The summed E-state index contributed by atoms with van der Waals surface area (Å²) in [5.41, 5.74) is -0.274. The Hall–Kier alpha value is -0.990. The van der Waals surface area contributed by atoms with Crippen LogP contribution in [0.5, 0.6) is 0 Å². The summed E-state index contributed by atoms with van der Waals surface area (Å²) in [5.74, 6) is 0. The number of piperazine rings is 1. The van der Waals surface area contributed by atoms with Gasteiger partial charge in [-0.05, 0) is 18.2 Å². The van der Waals surface area contributed by atoms with Crippen molar-refractivity contribution in [3.8, 4) is 0 Å². The SMILES string of the molecule is O=S(=O)(CCl)N1CCN(c2cccc(C(F)(F)F)c2)CC1. The van der Waals surface area contributed by atoms with E-state index < -0.39 is 27.0 Å². The number of sulfonamides is 1. The molecule has 21 heavy (non-hydrogen) atoms. The van der Waals surface area contributed by atoms with E-state index in [4.69, 9.17) is 11.6 Å². The Labute approximate surface area is 126 Å². The third-order valence-electron chi connectivity index (χ3n) is 3.31. The van der Waals surface area contributed by atoms with Crippen LogP contribution in [0.4, 0.5) is 18.9 Å². The van der Waals surface area contributed by atoms with Gasteiger partial charge in [-0.15, -0.1) is 11.6 Å². The van der Waals surface area contributed by atoms with E-state index in [9.17, 15) is 21.6 Å². The summed E-state index contributed by atoms with van der Waals surface area (Å²) >= 11 is 5.38. The molecule has 0 amide bonds. The average Bonchev–Trinajstić information content (AvgIpc) is 2.47. The summed E-state index contributed by atoms with van der Waals surface area (Å²) in [6, 6.07) is 5.02. The normalized spacial score (nSPS) is 18.0. The van der Waals surface area contributed by atoms with Crippen LogP contribution in [0.25, 0.3) is 0 Å². The fraction of sp³-hybridized carbons (Fsp3) is 0.500. The number of hydrogen-bond acceptors (Lipinski definition) is 3. The van der Waals surface area contributed by atoms with Crippen molar-refractivity contribution in [2.24, 2.45) is 0 Å².